The van der Waals surface area contributed by atoms with Crippen LogP contribution in [0.3, 0.4) is 0 Å². The van der Waals surface area contributed by atoms with Gasteiger partial charge in [-0.25, -0.2) is 4.98 Å². The van der Waals surface area contributed by atoms with Crippen molar-refractivity contribution in [1.29, 1.82) is 0 Å². The molecule has 3 rings (SSSR count). The van der Waals surface area contributed by atoms with E-state index in [0.29, 0.717) is 17.5 Å². The Hall–Kier alpha value is -1.31. The van der Waals surface area contributed by atoms with Gasteiger partial charge in [0.05, 0.1) is 6.04 Å². The molecule has 0 bridgehead atoms. The molecule has 3 heterocycles. The van der Waals surface area contributed by atoms with Crippen LogP contribution in [0.25, 0.3) is 11.6 Å². The minimum Gasteiger partial charge on any atom is -0.381 e. The Morgan fingerprint density at radius 1 is 1.37 bits per heavy atom. The number of thiazole rings is 1. The zero-order chi connectivity index (χ0) is 13.2. The summed E-state index contributed by atoms with van der Waals surface area (Å²) in [4.78, 5) is 8.86. The molecule has 19 heavy (non-hydrogen) atoms. The van der Waals surface area contributed by atoms with E-state index in [9.17, 15) is 0 Å². The summed E-state index contributed by atoms with van der Waals surface area (Å²) >= 11 is 1.51. The minimum atomic E-state index is -0.0726. The highest BCUT2D eigenvalue weighted by Gasteiger charge is 2.22. The van der Waals surface area contributed by atoms with Gasteiger partial charge < -0.3 is 15.0 Å². The van der Waals surface area contributed by atoms with Gasteiger partial charge in [-0.3, -0.25) is 0 Å². The van der Waals surface area contributed by atoms with Crippen molar-refractivity contribution in [2.24, 2.45) is 5.73 Å². The maximum atomic E-state index is 5.79. The van der Waals surface area contributed by atoms with Crippen molar-refractivity contribution in [3.63, 3.8) is 0 Å². The number of nitrogens with zero attached hydrogens (tertiary/aromatic N) is 3. The number of nitrogens with two attached hydrogens (primary N) is 1. The number of rotatable bonds is 3. The van der Waals surface area contributed by atoms with Gasteiger partial charge >= 0.3 is 0 Å². The van der Waals surface area contributed by atoms with Crippen LogP contribution < -0.4 is 5.73 Å². The summed E-state index contributed by atoms with van der Waals surface area (Å²) in [5, 5.41) is 6.84. The lowest BCUT2D eigenvalue weighted by Crippen LogP contribution is -2.15. The molecule has 0 amide bonds. The standard InChI is InChI=1S/C12H16N4O2S/c1-7(13)12-14-9(6-19-12)11-15-10(16-18-11)8-2-4-17-5-3-8/h6-8H,2-5,13H2,1H3. The molecule has 1 fully saturated rings. The van der Waals surface area contributed by atoms with E-state index in [0.717, 1.165) is 36.9 Å². The number of aromatic nitrogens is 3. The Balaban J connectivity index is 1.79. The second-order valence-electron chi connectivity index (χ2n) is 4.70. The lowest BCUT2D eigenvalue weighted by molar-refractivity contribution is 0.0830. The summed E-state index contributed by atoms with van der Waals surface area (Å²) in [5.41, 5.74) is 6.51. The molecule has 1 unspecified atom stereocenters. The Labute approximate surface area is 115 Å². The lowest BCUT2D eigenvalue weighted by atomic mass is 10.00. The van der Waals surface area contributed by atoms with E-state index < -0.39 is 0 Å². The first-order valence-electron chi connectivity index (χ1n) is 6.37. The average Bonchev–Trinajstić information content (AvgIpc) is 3.09. The summed E-state index contributed by atoms with van der Waals surface area (Å²) in [7, 11) is 0. The fourth-order valence-corrected chi connectivity index (χ4v) is 2.81. The van der Waals surface area contributed by atoms with Crippen LogP contribution >= 0.6 is 11.3 Å². The Morgan fingerprint density at radius 3 is 2.84 bits per heavy atom. The van der Waals surface area contributed by atoms with Crippen molar-refractivity contribution < 1.29 is 9.26 Å². The molecule has 0 aliphatic carbocycles. The molecule has 0 spiro atoms. The first-order chi connectivity index (χ1) is 9.24. The largest absolute Gasteiger partial charge is 0.381 e. The van der Waals surface area contributed by atoms with E-state index in [-0.39, 0.29) is 6.04 Å². The van der Waals surface area contributed by atoms with Gasteiger partial charge in [0.25, 0.3) is 5.89 Å². The molecule has 2 N–H and O–H groups in total. The van der Waals surface area contributed by atoms with Gasteiger partial charge in [-0.2, -0.15) is 4.98 Å². The molecule has 7 heteroatoms. The monoisotopic (exact) mass is 280 g/mol. The van der Waals surface area contributed by atoms with Crippen molar-refractivity contribution in [1.82, 2.24) is 15.1 Å². The lowest BCUT2D eigenvalue weighted by Gasteiger charge is -2.18. The van der Waals surface area contributed by atoms with Gasteiger partial charge in [0.15, 0.2) is 5.82 Å². The molecule has 2 aromatic rings. The molecule has 102 valence electrons. The van der Waals surface area contributed by atoms with Gasteiger partial charge in [0.1, 0.15) is 10.7 Å². The molecule has 0 aromatic carbocycles. The van der Waals surface area contributed by atoms with Crippen LogP contribution in [0.1, 0.15) is 42.6 Å². The van der Waals surface area contributed by atoms with Crippen molar-refractivity contribution >= 4 is 11.3 Å². The summed E-state index contributed by atoms with van der Waals surface area (Å²) in [6.45, 7) is 3.43. The van der Waals surface area contributed by atoms with Crippen LogP contribution in [0.15, 0.2) is 9.90 Å². The zero-order valence-electron chi connectivity index (χ0n) is 10.7. The van der Waals surface area contributed by atoms with Crippen molar-refractivity contribution in [3.8, 4) is 11.6 Å². The van der Waals surface area contributed by atoms with Gasteiger partial charge in [-0.15, -0.1) is 11.3 Å². The van der Waals surface area contributed by atoms with Crippen LogP contribution in [0, 0.1) is 0 Å². The highest BCUT2D eigenvalue weighted by Crippen LogP contribution is 2.28. The van der Waals surface area contributed by atoms with Gasteiger partial charge in [0, 0.05) is 24.5 Å². The van der Waals surface area contributed by atoms with E-state index in [1.165, 1.54) is 11.3 Å². The molecule has 0 radical (unpaired) electrons. The maximum Gasteiger partial charge on any atom is 0.277 e. The van der Waals surface area contributed by atoms with E-state index in [1.807, 2.05) is 12.3 Å². The van der Waals surface area contributed by atoms with Gasteiger partial charge in [-0.1, -0.05) is 5.16 Å². The summed E-state index contributed by atoms with van der Waals surface area (Å²) in [6, 6.07) is -0.0726. The van der Waals surface area contributed by atoms with E-state index >= 15 is 0 Å². The third kappa shape index (κ3) is 2.68. The highest BCUT2D eigenvalue weighted by atomic mass is 32.1. The number of hydrogen-bond acceptors (Lipinski definition) is 7. The molecule has 6 nitrogen and oxygen atoms in total. The van der Waals surface area contributed by atoms with E-state index in [2.05, 4.69) is 15.1 Å². The SMILES string of the molecule is CC(N)c1nc(-c2nc(C3CCOCC3)no2)cs1. The Kier molecular flexibility index (Phi) is 3.58. The summed E-state index contributed by atoms with van der Waals surface area (Å²) < 4.78 is 10.6. The van der Waals surface area contributed by atoms with Crippen LogP contribution in [0.2, 0.25) is 0 Å². The summed E-state index contributed by atoms with van der Waals surface area (Å²) in [6.07, 6.45) is 1.89. The van der Waals surface area contributed by atoms with Crippen LogP contribution in [-0.4, -0.2) is 28.3 Å². The molecular formula is C12H16N4O2S. The van der Waals surface area contributed by atoms with Crippen LogP contribution in [0.4, 0.5) is 0 Å². The van der Waals surface area contributed by atoms with Crippen molar-refractivity contribution in [2.75, 3.05) is 13.2 Å². The van der Waals surface area contributed by atoms with Gasteiger partial charge in [0.2, 0.25) is 0 Å². The predicted octanol–water partition coefficient (Wildman–Crippen LogP) is 2.11. The number of ether oxygens (including phenoxy) is 1. The van der Waals surface area contributed by atoms with Crippen LogP contribution in [-0.2, 0) is 4.74 Å². The molecule has 1 aliphatic heterocycles. The second-order valence-corrected chi connectivity index (χ2v) is 5.59. The molecule has 2 aromatic heterocycles. The van der Waals surface area contributed by atoms with Crippen molar-refractivity contribution in [3.05, 3.63) is 16.2 Å². The average molecular weight is 280 g/mol. The first kappa shape index (κ1) is 12.7. The quantitative estimate of drug-likeness (QED) is 0.926. The van der Waals surface area contributed by atoms with E-state index in [1.54, 1.807) is 0 Å². The van der Waals surface area contributed by atoms with Crippen LogP contribution in [0.5, 0.6) is 0 Å². The smallest absolute Gasteiger partial charge is 0.277 e. The highest BCUT2D eigenvalue weighted by molar-refractivity contribution is 7.10. The maximum absolute atomic E-state index is 5.79. The molecule has 1 aliphatic rings. The predicted molar refractivity (Wildman–Crippen MR) is 70.8 cm³/mol. The number of hydrogen-bond donors (Lipinski definition) is 1. The van der Waals surface area contributed by atoms with Crippen molar-refractivity contribution in [2.45, 2.75) is 31.7 Å². The Bertz CT molecular complexity index is 545. The second kappa shape index (κ2) is 5.36. The van der Waals surface area contributed by atoms with E-state index in [4.69, 9.17) is 15.0 Å². The third-order valence-electron chi connectivity index (χ3n) is 3.16. The normalized spacial score (nSPS) is 18.6. The third-order valence-corrected chi connectivity index (χ3v) is 4.20. The molecule has 1 atom stereocenters. The first-order valence-corrected chi connectivity index (χ1v) is 7.24. The fourth-order valence-electron chi connectivity index (χ4n) is 2.06. The van der Waals surface area contributed by atoms with Gasteiger partial charge in [-0.05, 0) is 19.8 Å². The molecule has 0 saturated carbocycles. The molecular weight excluding hydrogens is 264 g/mol. The topological polar surface area (TPSA) is 87.1 Å². The Morgan fingerprint density at radius 2 is 2.16 bits per heavy atom. The summed E-state index contributed by atoms with van der Waals surface area (Å²) in [5.74, 6) is 1.57. The molecule has 1 saturated heterocycles. The minimum absolute atomic E-state index is 0.0726. The fraction of sp³-hybridized carbons (Fsp3) is 0.583. The zero-order valence-corrected chi connectivity index (χ0v) is 11.5.